The van der Waals surface area contributed by atoms with E-state index in [-0.39, 0.29) is 0 Å². The molecule has 1 aromatic heterocycles. The van der Waals surface area contributed by atoms with E-state index in [1.54, 1.807) is 11.3 Å². The molecule has 1 unspecified atom stereocenters. The van der Waals surface area contributed by atoms with Gasteiger partial charge in [0, 0.05) is 30.3 Å². The molecular weight excluding hydrogens is 208 g/mol. The highest BCUT2D eigenvalue weighted by Crippen LogP contribution is 2.22. The van der Waals surface area contributed by atoms with Crippen LogP contribution in [0.3, 0.4) is 0 Å². The van der Waals surface area contributed by atoms with Crippen LogP contribution in [0.25, 0.3) is 0 Å². The van der Waals surface area contributed by atoms with E-state index < -0.39 is 0 Å². The second kappa shape index (κ2) is 5.58. The summed E-state index contributed by atoms with van der Waals surface area (Å²) in [4.78, 5) is 7.93. The smallest absolute Gasteiger partial charge is 0.0794 e. The molecule has 1 saturated heterocycles. The average molecular weight is 226 g/mol. The maximum atomic E-state index is 9.03. The zero-order valence-electron chi connectivity index (χ0n) is 8.93. The lowest BCUT2D eigenvalue weighted by Gasteiger charge is -2.35. The number of piperidine rings is 1. The summed E-state index contributed by atoms with van der Waals surface area (Å²) >= 11 is 1.72. The molecule has 1 aliphatic rings. The summed E-state index contributed by atoms with van der Waals surface area (Å²) in [7, 11) is 0. The van der Waals surface area contributed by atoms with E-state index in [2.05, 4.69) is 9.88 Å². The van der Waals surface area contributed by atoms with E-state index in [0.29, 0.717) is 12.6 Å². The molecule has 0 amide bonds. The summed E-state index contributed by atoms with van der Waals surface area (Å²) in [5.41, 5.74) is 1.89. The topological polar surface area (TPSA) is 36.4 Å². The predicted molar refractivity (Wildman–Crippen MR) is 61.9 cm³/mol. The number of rotatable bonds is 4. The van der Waals surface area contributed by atoms with Gasteiger partial charge in [0.1, 0.15) is 0 Å². The Morgan fingerprint density at radius 3 is 3.20 bits per heavy atom. The van der Waals surface area contributed by atoms with Gasteiger partial charge >= 0.3 is 0 Å². The molecule has 84 valence electrons. The van der Waals surface area contributed by atoms with Crippen molar-refractivity contribution in [2.75, 3.05) is 13.2 Å². The molecule has 0 saturated carbocycles. The van der Waals surface area contributed by atoms with Crippen LogP contribution in [0.2, 0.25) is 0 Å². The van der Waals surface area contributed by atoms with Gasteiger partial charge in [-0.3, -0.25) is 9.88 Å². The van der Waals surface area contributed by atoms with Crippen molar-refractivity contribution in [3.05, 3.63) is 16.6 Å². The Hall–Kier alpha value is -0.450. The average Bonchev–Trinajstić information content (AvgIpc) is 2.74. The Morgan fingerprint density at radius 2 is 2.47 bits per heavy atom. The highest BCUT2D eigenvalue weighted by atomic mass is 32.1. The highest BCUT2D eigenvalue weighted by Gasteiger charge is 2.21. The van der Waals surface area contributed by atoms with Gasteiger partial charge in [-0.15, -0.1) is 11.3 Å². The van der Waals surface area contributed by atoms with Gasteiger partial charge in [0.05, 0.1) is 5.51 Å². The highest BCUT2D eigenvalue weighted by molar-refractivity contribution is 7.09. The quantitative estimate of drug-likeness (QED) is 0.851. The van der Waals surface area contributed by atoms with E-state index in [4.69, 9.17) is 5.11 Å². The minimum absolute atomic E-state index is 0.309. The van der Waals surface area contributed by atoms with Crippen LogP contribution in [-0.2, 0) is 6.54 Å². The van der Waals surface area contributed by atoms with E-state index in [9.17, 15) is 0 Å². The number of nitrogens with zero attached hydrogens (tertiary/aromatic N) is 2. The molecule has 0 spiro atoms. The van der Waals surface area contributed by atoms with Crippen molar-refractivity contribution in [1.82, 2.24) is 9.88 Å². The van der Waals surface area contributed by atoms with Crippen LogP contribution in [-0.4, -0.2) is 34.2 Å². The Kier molecular flexibility index (Phi) is 4.11. The third-order valence-electron chi connectivity index (χ3n) is 3.05. The van der Waals surface area contributed by atoms with Crippen molar-refractivity contribution < 1.29 is 5.11 Å². The predicted octanol–water partition coefficient (Wildman–Crippen LogP) is 1.88. The maximum absolute atomic E-state index is 9.03. The van der Waals surface area contributed by atoms with Gasteiger partial charge in [-0.25, -0.2) is 0 Å². The fraction of sp³-hybridized carbons (Fsp3) is 0.727. The molecule has 3 nitrogen and oxygen atoms in total. The van der Waals surface area contributed by atoms with Crippen molar-refractivity contribution in [3.63, 3.8) is 0 Å². The Balaban J connectivity index is 1.92. The number of hydrogen-bond acceptors (Lipinski definition) is 4. The van der Waals surface area contributed by atoms with Gasteiger partial charge in [0.25, 0.3) is 0 Å². The summed E-state index contributed by atoms with van der Waals surface area (Å²) in [6.45, 7) is 2.49. The number of aromatic nitrogens is 1. The van der Waals surface area contributed by atoms with E-state index in [0.717, 1.165) is 13.0 Å². The summed E-state index contributed by atoms with van der Waals surface area (Å²) in [5, 5.41) is 9.03. The van der Waals surface area contributed by atoms with Crippen molar-refractivity contribution in [3.8, 4) is 0 Å². The molecule has 0 radical (unpaired) electrons. The Morgan fingerprint density at radius 1 is 1.53 bits per heavy atom. The second-order valence-electron chi connectivity index (χ2n) is 4.10. The molecule has 1 aliphatic heterocycles. The zero-order chi connectivity index (χ0) is 10.5. The number of thiazole rings is 1. The van der Waals surface area contributed by atoms with Gasteiger partial charge in [-0.1, -0.05) is 6.42 Å². The molecule has 15 heavy (non-hydrogen) atoms. The Bertz CT molecular complexity index is 274. The largest absolute Gasteiger partial charge is 0.396 e. The molecule has 2 heterocycles. The zero-order valence-corrected chi connectivity index (χ0v) is 9.75. The molecule has 0 aliphatic carbocycles. The summed E-state index contributed by atoms with van der Waals surface area (Å²) in [6, 6.07) is 0.575. The number of aliphatic hydroxyl groups is 1. The third kappa shape index (κ3) is 3.00. The van der Waals surface area contributed by atoms with Crippen LogP contribution in [0, 0.1) is 0 Å². The van der Waals surface area contributed by atoms with Crippen LogP contribution in [0.15, 0.2) is 11.7 Å². The van der Waals surface area contributed by atoms with Crippen molar-refractivity contribution in [2.24, 2.45) is 0 Å². The standard InChI is InChI=1S/C11H18N2OS/c14-6-4-10-3-1-2-5-13(10)8-11-7-12-9-15-11/h7,9-10,14H,1-6,8H2. The van der Waals surface area contributed by atoms with Gasteiger partial charge in [0.15, 0.2) is 0 Å². The number of likely N-dealkylation sites (tertiary alicyclic amines) is 1. The molecule has 2 rings (SSSR count). The Labute approximate surface area is 94.8 Å². The summed E-state index contributed by atoms with van der Waals surface area (Å²) < 4.78 is 0. The molecule has 4 heteroatoms. The fourth-order valence-electron chi connectivity index (χ4n) is 2.26. The second-order valence-corrected chi connectivity index (χ2v) is 5.07. The third-order valence-corrected chi connectivity index (χ3v) is 3.82. The summed E-state index contributed by atoms with van der Waals surface area (Å²) in [5.74, 6) is 0. The lowest BCUT2D eigenvalue weighted by atomic mass is 10.00. The number of aliphatic hydroxyl groups excluding tert-OH is 1. The molecule has 0 aromatic carbocycles. The fourth-order valence-corrected chi connectivity index (χ4v) is 2.88. The molecule has 1 fully saturated rings. The molecular formula is C11H18N2OS. The maximum Gasteiger partial charge on any atom is 0.0794 e. The van der Waals surface area contributed by atoms with Gasteiger partial charge in [-0.2, -0.15) is 0 Å². The van der Waals surface area contributed by atoms with Crippen molar-refractivity contribution in [2.45, 2.75) is 38.3 Å². The van der Waals surface area contributed by atoms with Crippen LogP contribution >= 0.6 is 11.3 Å². The van der Waals surface area contributed by atoms with Gasteiger partial charge in [-0.05, 0) is 25.8 Å². The van der Waals surface area contributed by atoms with Crippen molar-refractivity contribution >= 4 is 11.3 Å². The first-order chi connectivity index (χ1) is 7.40. The molecule has 1 N–H and O–H groups in total. The van der Waals surface area contributed by atoms with Gasteiger partial charge in [0.2, 0.25) is 0 Å². The van der Waals surface area contributed by atoms with Crippen molar-refractivity contribution in [1.29, 1.82) is 0 Å². The normalized spacial score (nSPS) is 23.1. The summed E-state index contributed by atoms with van der Waals surface area (Å²) in [6.07, 6.45) is 6.71. The van der Waals surface area contributed by atoms with E-state index in [1.165, 1.54) is 30.7 Å². The minimum Gasteiger partial charge on any atom is -0.396 e. The molecule has 0 bridgehead atoms. The lowest BCUT2D eigenvalue weighted by Crippen LogP contribution is -2.39. The molecule has 1 atom stereocenters. The van der Waals surface area contributed by atoms with Crippen LogP contribution < -0.4 is 0 Å². The van der Waals surface area contributed by atoms with Gasteiger partial charge < -0.3 is 5.11 Å². The number of hydrogen-bond donors (Lipinski definition) is 1. The van der Waals surface area contributed by atoms with E-state index >= 15 is 0 Å². The van der Waals surface area contributed by atoms with Crippen LogP contribution in [0.5, 0.6) is 0 Å². The molecule has 1 aromatic rings. The van der Waals surface area contributed by atoms with Crippen LogP contribution in [0.1, 0.15) is 30.6 Å². The monoisotopic (exact) mass is 226 g/mol. The SMILES string of the molecule is OCCC1CCCCN1Cc1cncs1. The van der Waals surface area contributed by atoms with E-state index in [1.807, 2.05) is 11.7 Å². The lowest BCUT2D eigenvalue weighted by molar-refractivity contribution is 0.113. The first-order valence-corrected chi connectivity index (χ1v) is 6.50. The minimum atomic E-state index is 0.309. The van der Waals surface area contributed by atoms with Crippen LogP contribution in [0.4, 0.5) is 0 Å². The first-order valence-electron chi connectivity index (χ1n) is 5.62. The first kappa shape index (κ1) is 11.0.